The van der Waals surface area contributed by atoms with Crippen molar-refractivity contribution in [3.05, 3.63) is 52.0 Å². The molecule has 0 bridgehead atoms. The fourth-order valence-electron chi connectivity index (χ4n) is 1.34. The molecule has 82 valence electrons. The predicted octanol–water partition coefficient (Wildman–Crippen LogP) is 4.43. The van der Waals surface area contributed by atoms with Crippen LogP contribution >= 0.6 is 27.5 Å². The second-order valence-electron chi connectivity index (χ2n) is 3.36. The van der Waals surface area contributed by atoms with E-state index >= 15 is 0 Å². The zero-order valence-corrected chi connectivity index (χ0v) is 10.7. The van der Waals surface area contributed by atoms with Crippen molar-refractivity contribution >= 4 is 44.6 Å². The highest BCUT2D eigenvalue weighted by Crippen LogP contribution is 2.26. The van der Waals surface area contributed by atoms with Crippen molar-refractivity contribution in [3.8, 4) is 0 Å². The summed E-state index contributed by atoms with van der Waals surface area (Å²) >= 11 is 9.17. The average Bonchev–Trinajstić information content (AvgIpc) is 2.25. The Morgan fingerprint density at radius 2 is 1.75 bits per heavy atom. The Morgan fingerprint density at radius 3 is 2.38 bits per heavy atom. The van der Waals surface area contributed by atoms with Crippen molar-refractivity contribution in [2.45, 2.75) is 0 Å². The quantitative estimate of drug-likeness (QED) is 0.805. The topological polar surface area (TPSA) is 38.0 Å². The van der Waals surface area contributed by atoms with Crippen molar-refractivity contribution in [1.82, 2.24) is 0 Å². The molecule has 0 aliphatic heterocycles. The molecule has 2 rings (SSSR count). The van der Waals surface area contributed by atoms with Gasteiger partial charge in [0, 0.05) is 15.2 Å². The molecule has 0 aliphatic carbocycles. The maximum absolute atomic E-state index is 5.88. The number of benzene rings is 2. The first-order valence-corrected chi connectivity index (χ1v) is 5.90. The minimum atomic E-state index is 0.698. The zero-order valence-electron chi connectivity index (χ0n) is 8.37. The number of halogens is 2. The molecule has 4 heteroatoms. The molecule has 0 fully saturated rings. The second kappa shape index (κ2) is 4.76. The number of nitrogen functional groups attached to an aromatic ring is 1. The van der Waals surface area contributed by atoms with E-state index in [0.717, 1.165) is 15.8 Å². The molecule has 0 spiro atoms. The minimum Gasteiger partial charge on any atom is -0.397 e. The van der Waals surface area contributed by atoms with Crippen LogP contribution in [-0.2, 0) is 0 Å². The minimum absolute atomic E-state index is 0.698. The van der Waals surface area contributed by atoms with E-state index in [4.69, 9.17) is 17.3 Å². The van der Waals surface area contributed by atoms with E-state index in [9.17, 15) is 0 Å². The van der Waals surface area contributed by atoms with E-state index in [0.29, 0.717) is 10.7 Å². The van der Waals surface area contributed by atoms with Crippen LogP contribution in [-0.4, -0.2) is 0 Å². The molecule has 2 aromatic rings. The molecule has 0 amide bonds. The maximum atomic E-state index is 5.88. The molecule has 0 atom stereocenters. The number of hydrogen-bond donors (Lipinski definition) is 2. The second-order valence-corrected chi connectivity index (χ2v) is 4.72. The van der Waals surface area contributed by atoms with Crippen molar-refractivity contribution in [2.75, 3.05) is 11.1 Å². The lowest BCUT2D eigenvalue weighted by Crippen LogP contribution is -1.95. The van der Waals surface area contributed by atoms with Crippen LogP contribution in [0.15, 0.2) is 46.9 Å². The van der Waals surface area contributed by atoms with Gasteiger partial charge in [0.15, 0.2) is 0 Å². The normalized spacial score (nSPS) is 10.1. The van der Waals surface area contributed by atoms with Crippen LogP contribution in [0, 0.1) is 0 Å². The molecular formula is C12H10BrClN2. The number of anilines is 3. The lowest BCUT2D eigenvalue weighted by atomic mass is 10.2. The van der Waals surface area contributed by atoms with Crippen molar-refractivity contribution in [2.24, 2.45) is 0 Å². The highest BCUT2D eigenvalue weighted by molar-refractivity contribution is 9.10. The molecule has 0 saturated heterocycles. The predicted molar refractivity (Wildman–Crippen MR) is 73.3 cm³/mol. The van der Waals surface area contributed by atoms with Gasteiger partial charge in [-0.05, 0) is 42.5 Å². The molecule has 3 N–H and O–H groups in total. The van der Waals surface area contributed by atoms with E-state index in [1.165, 1.54) is 0 Å². The summed E-state index contributed by atoms with van der Waals surface area (Å²) in [4.78, 5) is 0. The largest absolute Gasteiger partial charge is 0.397 e. The summed E-state index contributed by atoms with van der Waals surface area (Å²) in [6.07, 6.45) is 0. The Hall–Kier alpha value is -1.19. The molecule has 0 radical (unpaired) electrons. The maximum Gasteiger partial charge on any atom is 0.0618 e. The number of rotatable bonds is 2. The van der Waals surface area contributed by atoms with Crippen LogP contribution in [0.25, 0.3) is 0 Å². The lowest BCUT2D eigenvalue weighted by molar-refractivity contribution is 1.53. The van der Waals surface area contributed by atoms with E-state index < -0.39 is 0 Å². The van der Waals surface area contributed by atoms with Gasteiger partial charge in [-0.1, -0.05) is 27.5 Å². The molecule has 0 unspecified atom stereocenters. The Bertz CT molecular complexity index is 497. The summed E-state index contributed by atoms with van der Waals surface area (Å²) in [5.74, 6) is 0. The molecule has 2 aromatic carbocycles. The molecule has 0 saturated carbocycles. The first-order chi connectivity index (χ1) is 7.65. The number of nitrogens with two attached hydrogens (primary N) is 1. The van der Waals surface area contributed by atoms with Gasteiger partial charge in [0.05, 0.1) is 11.4 Å². The first kappa shape index (κ1) is 11.3. The first-order valence-electron chi connectivity index (χ1n) is 4.73. The summed E-state index contributed by atoms with van der Waals surface area (Å²) in [6.45, 7) is 0. The summed E-state index contributed by atoms with van der Waals surface area (Å²) < 4.78 is 0.964. The van der Waals surface area contributed by atoms with Gasteiger partial charge in [-0.3, -0.25) is 0 Å². The lowest BCUT2D eigenvalue weighted by Gasteiger charge is -2.09. The van der Waals surface area contributed by atoms with E-state index in [1.54, 1.807) is 0 Å². The number of hydrogen-bond acceptors (Lipinski definition) is 2. The summed E-state index contributed by atoms with van der Waals surface area (Å²) in [6, 6.07) is 13.2. The third-order valence-corrected chi connectivity index (χ3v) is 2.88. The fourth-order valence-corrected chi connectivity index (χ4v) is 1.84. The van der Waals surface area contributed by atoms with Crippen LogP contribution in [0.3, 0.4) is 0 Å². The Balaban J connectivity index is 2.23. The summed E-state index contributed by atoms with van der Waals surface area (Å²) in [5, 5.41) is 3.94. The van der Waals surface area contributed by atoms with Crippen molar-refractivity contribution in [3.63, 3.8) is 0 Å². The summed E-state index contributed by atoms with van der Waals surface area (Å²) in [7, 11) is 0. The van der Waals surface area contributed by atoms with Gasteiger partial charge in [-0.2, -0.15) is 0 Å². The third kappa shape index (κ3) is 2.68. The molecular weight excluding hydrogens is 288 g/mol. The van der Waals surface area contributed by atoms with Crippen LogP contribution < -0.4 is 11.1 Å². The van der Waals surface area contributed by atoms with Gasteiger partial charge >= 0.3 is 0 Å². The van der Waals surface area contributed by atoms with Gasteiger partial charge in [-0.25, -0.2) is 0 Å². The highest BCUT2D eigenvalue weighted by atomic mass is 79.9. The molecule has 2 nitrogen and oxygen atoms in total. The molecule has 0 aromatic heterocycles. The highest BCUT2D eigenvalue weighted by Gasteiger charge is 2.00. The molecule has 0 heterocycles. The number of nitrogens with one attached hydrogen (secondary N) is 1. The summed E-state index contributed by atoms with van der Waals surface area (Å²) in [5.41, 5.74) is 8.42. The van der Waals surface area contributed by atoms with Gasteiger partial charge in [0.25, 0.3) is 0 Å². The fraction of sp³-hybridized carbons (Fsp3) is 0. The molecule has 16 heavy (non-hydrogen) atoms. The SMILES string of the molecule is Nc1cc(Br)ccc1Nc1ccc(Cl)cc1. The van der Waals surface area contributed by atoms with Crippen LogP contribution in [0.4, 0.5) is 17.1 Å². The Kier molecular flexibility index (Phi) is 3.36. The van der Waals surface area contributed by atoms with Crippen LogP contribution in [0.2, 0.25) is 5.02 Å². The third-order valence-electron chi connectivity index (χ3n) is 2.14. The van der Waals surface area contributed by atoms with Gasteiger partial charge in [0.1, 0.15) is 0 Å². The Morgan fingerprint density at radius 1 is 1.06 bits per heavy atom. The van der Waals surface area contributed by atoms with E-state index in [-0.39, 0.29) is 0 Å². The monoisotopic (exact) mass is 296 g/mol. The van der Waals surface area contributed by atoms with E-state index in [1.807, 2.05) is 42.5 Å². The van der Waals surface area contributed by atoms with Gasteiger partial charge < -0.3 is 11.1 Å². The smallest absolute Gasteiger partial charge is 0.0618 e. The molecule has 0 aliphatic rings. The van der Waals surface area contributed by atoms with Crippen LogP contribution in [0.5, 0.6) is 0 Å². The Labute approximate surface area is 108 Å². The van der Waals surface area contributed by atoms with Crippen molar-refractivity contribution < 1.29 is 0 Å². The standard InChI is InChI=1S/C12H10BrClN2/c13-8-1-6-12(11(15)7-8)16-10-4-2-9(14)3-5-10/h1-7,16H,15H2. The van der Waals surface area contributed by atoms with Crippen molar-refractivity contribution in [1.29, 1.82) is 0 Å². The zero-order chi connectivity index (χ0) is 11.5. The van der Waals surface area contributed by atoms with Crippen LogP contribution in [0.1, 0.15) is 0 Å². The van der Waals surface area contributed by atoms with Gasteiger partial charge in [0.2, 0.25) is 0 Å². The average molecular weight is 298 g/mol. The van der Waals surface area contributed by atoms with Gasteiger partial charge in [-0.15, -0.1) is 0 Å². The van der Waals surface area contributed by atoms with E-state index in [2.05, 4.69) is 21.2 Å².